The van der Waals surface area contributed by atoms with E-state index < -0.39 is 24.4 Å². The molecule has 0 atom stereocenters. The molecule has 0 spiro atoms. The number of halogens is 1. The highest BCUT2D eigenvalue weighted by molar-refractivity contribution is 8.22. The van der Waals surface area contributed by atoms with Crippen LogP contribution in [0.2, 0.25) is 0 Å². The SMILES string of the molecule is CS(C)(=O)(F)CS(=O)(=O)Cc1ccccc1. The summed E-state index contributed by atoms with van der Waals surface area (Å²) in [6.07, 6.45) is 1.69. The van der Waals surface area contributed by atoms with Crippen molar-refractivity contribution in [3.05, 3.63) is 35.9 Å². The molecule has 0 N–H and O–H groups in total. The maximum absolute atomic E-state index is 13.4. The molecule has 0 aliphatic carbocycles. The third-order valence-corrected chi connectivity index (χ3v) is 6.57. The smallest absolute Gasteiger partial charge is 0.166 e. The van der Waals surface area contributed by atoms with Crippen LogP contribution in [0.25, 0.3) is 0 Å². The van der Waals surface area contributed by atoms with Gasteiger partial charge in [-0.2, -0.15) is 3.89 Å². The molecule has 16 heavy (non-hydrogen) atoms. The van der Waals surface area contributed by atoms with E-state index in [9.17, 15) is 16.5 Å². The van der Waals surface area contributed by atoms with Crippen LogP contribution in [0, 0.1) is 0 Å². The van der Waals surface area contributed by atoms with E-state index >= 15 is 0 Å². The van der Waals surface area contributed by atoms with Crippen LogP contribution < -0.4 is 0 Å². The minimum Gasteiger partial charge on any atom is -0.252 e. The molecule has 0 aromatic heterocycles. The third-order valence-electron chi connectivity index (χ3n) is 1.74. The van der Waals surface area contributed by atoms with E-state index in [-0.39, 0.29) is 5.75 Å². The summed E-state index contributed by atoms with van der Waals surface area (Å²) < 4.78 is 48.0. The molecule has 0 heterocycles. The minimum atomic E-state index is -4.51. The molecule has 0 saturated carbocycles. The van der Waals surface area contributed by atoms with Gasteiger partial charge in [0.15, 0.2) is 9.84 Å². The van der Waals surface area contributed by atoms with Crippen LogP contribution in [-0.4, -0.2) is 30.2 Å². The number of hydrogen-bond donors (Lipinski definition) is 0. The van der Waals surface area contributed by atoms with Crippen molar-refractivity contribution in [3.8, 4) is 0 Å². The zero-order valence-electron chi connectivity index (χ0n) is 9.22. The first kappa shape index (κ1) is 13.3. The lowest BCUT2D eigenvalue weighted by molar-refractivity contribution is 0.594. The zero-order chi connectivity index (χ0) is 12.5. The molecule has 0 amide bonds. The minimum absolute atomic E-state index is 0.284. The first-order valence-electron chi connectivity index (χ1n) is 4.60. The van der Waals surface area contributed by atoms with E-state index in [4.69, 9.17) is 0 Å². The highest BCUT2D eigenvalue weighted by atomic mass is 32.3. The monoisotopic (exact) mass is 266 g/mol. The lowest BCUT2D eigenvalue weighted by Crippen LogP contribution is -2.32. The fourth-order valence-electron chi connectivity index (χ4n) is 1.37. The van der Waals surface area contributed by atoms with Gasteiger partial charge in [-0.05, 0) is 5.56 Å². The van der Waals surface area contributed by atoms with Gasteiger partial charge in [0.25, 0.3) is 0 Å². The van der Waals surface area contributed by atoms with Gasteiger partial charge >= 0.3 is 0 Å². The molecule has 3 nitrogen and oxygen atoms in total. The second-order valence-electron chi connectivity index (χ2n) is 4.41. The summed E-state index contributed by atoms with van der Waals surface area (Å²) in [6.45, 7) is 0. The molecule has 0 fully saturated rings. The standard InChI is InChI=1S/C10H15FO3S2/c1-16(2,11,14)9-15(12,13)8-10-6-4-3-5-7-10/h3-7H,8-9H2,1-2H3. The van der Waals surface area contributed by atoms with Crippen LogP contribution in [0.1, 0.15) is 5.56 Å². The van der Waals surface area contributed by atoms with Crippen molar-refractivity contribution in [3.63, 3.8) is 0 Å². The van der Waals surface area contributed by atoms with Gasteiger partial charge in [-0.3, -0.25) is 4.21 Å². The van der Waals surface area contributed by atoms with Crippen LogP contribution in [0.5, 0.6) is 0 Å². The Morgan fingerprint density at radius 2 is 1.69 bits per heavy atom. The third kappa shape index (κ3) is 5.37. The van der Waals surface area contributed by atoms with Crippen molar-refractivity contribution in [2.24, 2.45) is 0 Å². The summed E-state index contributed by atoms with van der Waals surface area (Å²) in [5, 5.41) is -0.918. The summed E-state index contributed by atoms with van der Waals surface area (Å²) >= 11 is 0. The summed E-state index contributed by atoms with van der Waals surface area (Å²) in [5.74, 6) is -0.284. The van der Waals surface area contributed by atoms with E-state index in [0.717, 1.165) is 12.5 Å². The molecular formula is C10H15FO3S2. The molecule has 0 aliphatic heterocycles. The van der Waals surface area contributed by atoms with E-state index in [1.807, 2.05) is 0 Å². The van der Waals surface area contributed by atoms with Crippen LogP contribution in [0.4, 0.5) is 3.89 Å². The molecule has 0 unspecified atom stereocenters. The first-order valence-corrected chi connectivity index (χ1v) is 9.27. The Bertz CT molecular complexity index is 517. The summed E-state index contributed by atoms with van der Waals surface area (Å²) in [7, 11) is -8.20. The molecule has 0 aliphatic rings. The maximum Gasteiger partial charge on any atom is 0.166 e. The van der Waals surface area contributed by atoms with Gasteiger partial charge in [0.05, 0.1) is 5.75 Å². The Morgan fingerprint density at radius 3 is 2.12 bits per heavy atom. The van der Waals surface area contributed by atoms with Crippen molar-refractivity contribution >= 4 is 19.3 Å². The van der Waals surface area contributed by atoms with E-state index in [1.54, 1.807) is 30.3 Å². The van der Waals surface area contributed by atoms with Crippen LogP contribution in [-0.2, 0) is 25.0 Å². The fourth-order valence-corrected chi connectivity index (χ4v) is 6.41. The molecule has 0 saturated heterocycles. The van der Waals surface area contributed by atoms with Crippen molar-refractivity contribution in [2.45, 2.75) is 5.75 Å². The Morgan fingerprint density at radius 1 is 1.19 bits per heavy atom. The molecule has 6 heteroatoms. The van der Waals surface area contributed by atoms with Gasteiger partial charge in [0.1, 0.15) is 5.08 Å². The van der Waals surface area contributed by atoms with Crippen molar-refractivity contribution in [1.29, 1.82) is 0 Å². The van der Waals surface area contributed by atoms with Gasteiger partial charge in [-0.15, -0.1) is 0 Å². The van der Waals surface area contributed by atoms with Crippen LogP contribution in [0.3, 0.4) is 0 Å². The molecule has 0 radical (unpaired) electrons. The van der Waals surface area contributed by atoms with E-state index in [2.05, 4.69) is 0 Å². The first-order chi connectivity index (χ1) is 7.04. The zero-order valence-corrected chi connectivity index (χ0v) is 10.9. The second-order valence-corrected chi connectivity index (χ2v) is 11.0. The van der Waals surface area contributed by atoms with Gasteiger partial charge in [0, 0.05) is 22.0 Å². The second kappa shape index (κ2) is 3.92. The Hall–Kier alpha value is -0.750. The topological polar surface area (TPSA) is 51.2 Å². The highest BCUT2D eigenvalue weighted by Gasteiger charge is 2.31. The number of sulfone groups is 1. The fraction of sp³-hybridized carbons (Fsp3) is 0.400. The Labute approximate surface area is 95.3 Å². The van der Waals surface area contributed by atoms with E-state index in [1.165, 1.54) is 0 Å². The van der Waals surface area contributed by atoms with Gasteiger partial charge in [-0.25, -0.2) is 8.42 Å². The van der Waals surface area contributed by atoms with Gasteiger partial charge in [0.2, 0.25) is 0 Å². The molecule has 0 bridgehead atoms. The maximum atomic E-state index is 13.4. The lowest BCUT2D eigenvalue weighted by Gasteiger charge is -2.22. The molecule has 1 aromatic rings. The predicted octanol–water partition coefficient (Wildman–Crippen LogP) is 1.52. The van der Waals surface area contributed by atoms with Gasteiger partial charge < -0.3 is 0 Å². The van der Waals surface area contributed by atoms with E-state index in [0.29, 0.717) is 5.56 Å². The number of benzene rings is 1. The van der Waals surface area contributed by atoms with Crippen molar-refractivity contribution in [2.75, 3.05) is 17.6 Å². The molecular weight excluding hydrogens is 251 g/mol. The molecule has 1 aromatic carbocycles. The number of rotatable bonds is 4. The summed E-state index contributed by atoms with van der Waals surface area (Å²) in [4.78, 5) is 0. The molecule has 92 valence electrons. The van der Waals surface area contributed by atoms with Crippen molar-refractivity contribution in [1.82, 2.24) is 0 Å². The Kier molecular flexibility index (Phi) is 3.27. The van der Waals surface area contributed by atoms with Crippen LogP contribution in [0.15, 0.2) is 30.3 Å². The average Bonchev–Trinajstić information content (AvgIpc) is 1.98. The van der Waals surface area contributed by atoms with Crippen LogP contribution >= 0.6 is 0 Å². The average molecular weight is 266 g/mol. The summed E-state index contributed by atoms with van der Waals surface area (Å²) in [6, 6.07) is 8.44. The quantitative estimate of drug-likeness (QED) is 0.776. The van der Waals surface area contributed by atoms with Crippen molar-refractivity contribution < 1.29 is 16.5 Å². The predicted molar refractivity (Wildman–Crippen MR) is 65.0 cm³/mol. The largest absolute Gasteiger partial charge is 0.252 e. The molecule has 1 rings (SSSR count). The lowest BCUT2D eigenvalue weighted by atomic mass is 10.2. The van der Waals surface area contributed by atoms with Gasteiger partial charge in [-0.1, -0.05) is 30.3 Å². The summed E-state index contributed by atoms with van der Waals surface area (Å²) in [5.41, 5.74) is 0.569. The normalized spacial score (nSPS) is 15.3. The Balaban J connectivity index is 2.87. The number of hydrogen-bond acceptors (Lipinski definition) is 3. The highest BCUT2D eigenvalue weighted by Crippen LogP contribution is 2.23.